The number of fused-ring (bicyclic) bond motifs is 1. The predicted molar refractivity (Wildman–Crippen MR) is 74.3 cm³/mol. The van der Waals surface area contributed by atoms with Crippen molar-refractivity contribution >= 4 is 16.6 Å². The third-order valence-corrected chi connectivity index (χ3v) is 3.29. The largest absolute Gasteiger partial charge is 0.370 e. The van der Waals surface area contributed by atoms with Crippen LogP contribution in [0, 0.1) is 0 Å². The molecule has 1 atom stereocenters. The maximum atomic E-state index is 3.54. The average Bonchev–Trinajstić information content (AvgIpc) is 2.77. The van der Waals surface area contributed by atoms with Gasteiger partial charge in [-0.2, -0.15) is 0 Å². The normalized spacial score (nSPS) is 13.2. The number of anilines is 1. The summed E-state index contributed by atoms with van der Waals surface area (Å²) in [7, 11) is 0. The SMILES string of the molecule is CCN(CC)C(C)Nc1ccc2[nH]ccc2c1. The Kier molecular flexibility index (Phi) is 3.69. The second-order valence-corrected chi connectivity index (χ2v) is 4.32. The van der Waals surface area contributed by atoms with E-state index in [1.54, 1.807) is 0 Å². The molecule has 0 bridgehead atoms. The molecule has 1 aromatic heterocycles. The van der Waals surface area contributed by atoms with Crippen molar-refractivity contribution < 1.29 is 0 Å². The summed E-state index contributed by atoms with van der Waals surface area (Å²) in [6.07, 6.45) is 2.34. The van der Waals surface area contributed by atoms with Crippen LogP contribution in [0.3, 0.4) is 0 Å². The van der Waals surface area contributed by atoms with E-state index in [0.29, 0.717) is 6.17 Å². The van der Waals surface area contributed by atoms with Crippen LogP contribution in [0.25, 0.3) is 10.9 Å². The van der Waals surface area contributed by atoms with Crippen LogP contribution in [0.15, 0.2) is 30.5 Å². The molecular weight excluding hydrogens is 210 g/mol. The Morgan fingerprint density at radius 2 is 2.00 bits per heavy atom. The molecule has 1 aromatic carbocycles. The van der Waals surface area contributed by atoms with Gasteiger partial charge < -0.3 is 10.3 Å². The fourth-order valence-corrected chi connectivity index (χ4v) is 2.25. The lowest BCUT2D eigenvalue weighted by Crippen LogP contribution is -2.38. The fraction of sp³-hybridized carbons (Fsp3) is 0.429. The quantitative estimate of drug-likeness (QED) is 0.774. The zero-order chi connectivity index (χ0) is 12.3. The molecule has 0 spiro atoms. The van der Waals surface area contributed by atoms with Crippen molar-refractivity contribution in [1.82, 2.24) is 9.88 Å². The van der Waals surface area contributed by atoms with Crippen molar-refractivity contribution in [2.75, 3.05) is 18.4 Å². The van der Waals surface area contributed by atoms with Crippen LogP contribution in [-0.2, 0) is 0 Å². The molecule has 0 aliphatic rings. The van der Waals surface area contributed by atoms with E-state index in [1.807, 2.05) is 6.20 Å². The lowest BCUT2D eigenvalue weighted by Gasteiger charge is -2.27. The van der Waals surface area contributed by atoms with Crippen molar-refractivity contribution in [1.29, 1.82) is 0 Å². The Morgan fingerprint density at radius 1 is 1.24 bits per heavy atom. The molecule has 0 aliphatic heterocycles. The molecule has 92 valence electrons. The van der Waals surface area contributed by atoms with Gasteiger partial charge in [0.1, 0.15) is 0 Å². The average molecular weight is 231 g/mol. The molecule has 0 saturated carbocycles. The summed E-state index contributed by atoms with van der Waals surface area (Å²) in [5.41, 5.74) is 2.36. The van der Waals surface area contributed by atoms with Crippen LogP contribution in [0.2, 0.25) is 0 Å². The fourth-order valence-electron chi connectivity index (χ4n) is 2.25. The zero-order valence-electron chi connectivity index (χ0n) is 10.8. The lowest BCUT2D eigenvalue weighted by molar-refractivity contribution is 0.253. The highest BCUT2D eigenvalue weighted by atomic mass is 15.3. The monoisotopic (exact) mass is 231 g/mol. The van der Waals surface area contributed by atoms with Gasteiger partial charge >= 0.3 is 0 Å². The standard InChI is InChI=1S/C14H21N3/c1-4-17(5-2)11(3)16-13-6-7-14-12(10-13)8-9-15-14/h6-11,15-16H,4-5H2,1-3H3. The molecule has 0 radical (unpaired) electrons. The van der Waals surface area contributed by atoms with E-state index in [2.05, 4.69) is 60.2 Å². The summed E-state index contributed by atoms with van der Waals surface area (Å²) in [5.74, 6) is 0. The first-order valence-electron chi connectivity index (χ1n) is 6.32. The van der Waals surface area contributed by atoms with Crippen molar-refractivity contribution in [2.24, 2.45) is 0 Å². The molecule has 0 aliphatic carbocycles. The van der Waals surface area contributed by atoms with Crippen molar-refractivity contribution in [2.45, 2.75) is 26.9 Å². The molecule has 2 aromatic rings. The first kappa shape index (κ1) is 12.0. The summed E-state index contributed by atoms with van der Waals surface area (Å²) in [6, 6.07) is 8.53. The van der Waals surface area contributed by atoms with E-state index < -0.39 is 0 Å². The summed E-state index contributed by atoms with van der Waals surface area (Å²) in [6.45, 7) is 8.72. The van der Waals surface area contributed by atoms with Gasteiger partial charge in [-0.25, -0.2) is 0 Å². The van der Waals surface area contributed by atoms with Crippen LogP contribution < -0.4 is 5.32 Å². The van der Waals surface area contributed by atoms with Crippen LogP contribution >= 0.6 is 0 Å². The molecule has 1 heterocycles. The van der Waals surface area contributed by atoms with E-state index >= 15 is 0 Å². The highest BCUT2D eigenvalue weighted by molar-refractivity contribution is 5.82. The molecule has 0 amide bonds. The Morgan fingerprint density at radius 3 is 2.71 bits per heavy atom. The number of H-pyrrole nitrogens is 1. The van der Waals surface area contributed by atoms with E-state index in [1.165, 1.54) is 16.6 Å². The number of nitrogens with zero attached hydrogens (tertiary/aromatic N) is 1. The number of aromatic nitrogens is 1. The van der Waals surface area contributed by atoms with E-state index in [0.717, 1.165) is 13.1 Å². The number of benzene rings is 1. The van der Waals surface area contributed by atoms with Gasteiger partial charge in [0.25, 0.3) is 0 Å². The summed E-state index contributed by atoms with van der Waals surface area (Å²) in [4.78, 5) is 5.60. The third-order valence-electron chi connectivity index (χ3n) is 3.29. The van der Waals surface area contributed by atoms with Gasteiger partial charge in [-0.15, -0.1) is 0 Å². The summed E-state index contributed by atoms with van der Waals surface area (Å²) >= 11 is 0. The van der Waals surface area contributed by atoms with Gasteiger partial charge in [-0.3, -0.25) is 4.90 Å². The maximum Gasteiger partial charge on any atom is 0.0764 e. The molecule has 3 nitrogen and oxygen atoms in total. The first-order chi connectivity index (χ1) is 8.24. The molecule has 3 heteroatoms. The molecule has 0 saturated heterocycles. The Bertz CT molecular complexity index is 471. The minimum atomic E-state index is 0.362. The summed E-state index contributed by atoms with van der Waals surface area (Å²) in [5, 5.41) is 4.79. The number of nitrogens with one attached hydrogen (secondary N) is 2. The van der Waals surface area contributed by atoms with Crippen LogP contribution in [-0.4, -0.2) is 29.1 Å². The number of aromatic amines is 1. The van der Waals surface area contributed by atoms with Gasteiger partial charge in [-0.05, 0) is 44.3 Å². The zero-order valence-corrected chi connectivity index (χ0v) is 10.8. The van der Waals surface area contributed by atoms with E-state index in [9.17, 15) is 0 Å². The van der Waals surface area contributed by atoms with Gasteiger partial charge in [0.15, 0.2) is 0 Å². The van der Waals surface area contributed by atoms with Gasteiger partial charge in [0.2, 0.25) is 0 Å². The molecule has 17 heavy (non-hydrogen) atoms. The van der Waals surface area contributed by atoms with Crippen molar-refractivity contribution in [3.05, 3.63) is 30.5 Å². The van der Waals surface area contributed by atoms with Crippen LogP contribution in [0.1, 0.15) is 20.8 Å². The Balaban J connectivity index is 2.11. The number of hydrogen-bond acceptors (Lipinski definition) is 2. The Labute approximate surface area is 103 Å². The molecular formula is C14H21N3. The highest BCUT2D eigenvalue weighted by Gasteiger charge is 2.09. The Hall–Kier alpha value is -1.48. The van der Waals surface area contributed by atoms with Gasteiger partial charge in [0, 0.05) is 22.8 Å². The lowest BCUT2D eigenvalue weighted by atomic mass is 10.2. The van der Waals surface area contributed by atoms with Crippen molar-refractivity contribution in [3.63, 3.8) is 0 Å². The number of rotatable bonds is 5. The smallest absolute Gasteiger partial charge is 0.0764 e. The van der Waals surface area contributed by atoms with Crippen LogP contribution in [0.5, 0.6) is 0 Å². The van der Waals surface area contributed by atoms with Crippen LogP contribution in [0.4, 0.5) is 5.69 Å². The first-order valence-corrected chi connectivity index (χ1v) is 6.32. The third kappa shape index (κ3) is 2.61. The molecule has 2 N–H and O–H groups in total. The molecule has 0 fully saturated rings. The van der Waals surface area contributed by atoms with Gasteiger partial charge in [0.05, 0.1) is 6.17 Å². The topological polar surface area (TPSA) is 31.1 Å². The minimum Gasteiger partial charge on any atom is -0.370 e. The van der Waals surface area contributed by atoms with E-state index in [4.69, 9.17) is 0 Å². The summed E-state index contributed by atoms with van der Waals surface area (Å²) < 4.78 is 0. The van der Waals surface area contributed by atoms with Gasteiger partial charge in [-0.1, -0.05) is 13.8 Å². The number of hydrogen-bond donors (Lipinski definition) is 2. The maximum absolute atomic E-state index is 3.54. The molecule has 2 rings (SSSR count). The second-order valence-electron chi connectivity index (χ2n) is 4.32. The second kappa shape index (κ2) is 5.23. The van der Waals surface area contributed by atoms with Crippen molar-refractivity contribution in [3.8, 4) is 0 Å². The minimum absolute atomic E-state index is 0.362. The molecule has 1 unspecified atom stereocenters. The highest BCUT2D eigenvalue weighted by Crippen LogP contribution is 2.18. The van der Waals surface area contributed by atoms with E-state index in [-0.39, 0.29) is 0 Å². The predicted octanol–water partition coefficient (Wildman–Crippen LogP) is 3.27.